The number of amidine groups is 1. The normalized spacial score (nSPS) is 15.1. The van der Waals surface area contributed by atoms with Crippen LogP contribution in [0, 0.1) is 29.1 Å². The van der Waals surface area contributed by atoms with Gasteiger partial charge in [0.2, 0.25) is 5.82 Å². The predicted molar refractivity (Wildman–Crippen MR) is 235 cm³/mol. The molecule has 4 aromatic rings. The molecule has 1 aliphatic heterocycles. The number of para-hydroxylation sites is 1. The Hall–Kier alpha value is -3.64. The quantitative estimate of drug-likeness (QED) is 0.0396. The van der Waals surface area contributed by atoms with Gasteiger partial charge in [0.25, 0.3) is 23.1 Å². The minimum absolute atomic E-state index is 0.00862. The second-order valence-corrected chi connectivity index (χ2v) is 17.8. The van der Waals surface area contributed by atoms with E-state index in [1.54, 1.807) is 31.3 Å². The van der Waals surface area contributed by atoms with Crippen molar-refractivity contribution in [3.63, 3.8) is 0 Å². The maximum Gasteiger partial charge on any atom is 0.267 e. The van der Waals surface area contributed by atoms with Crippen LogP contribution in [-0.2, 0) is 20.2 Å². The molecule has 2 atom stereocenters. The fourth-order valence-corrected chi connectivity index (χ4v) is 9.30. The number of carbonyl (C=O) groups excluding carboxylic acids is 2. The third-order valence-electron chi connectivity index (χ3n) is 9.36. The van der Waals surface area contributed by atoms with E-state index in [1.807, 2.05) is 0 Å². The number of rotatable bonds is 20. The van der Waals surface area contributed by atoms with Crippen LogP contribution in [-0.4, -0.2) is 40.8 Å². The Kier molecular flexibility index (Phi) is 18.0. The summed E-state index contributed by atoms with van der Waals surface area (Å²) in [4.78, 5) is 32.2. The number of benzene rings is 4. The highest BCUT2D eigenvalue weighted by molar-refractivity contribution is 8.01. The third kappa shape index (κ3) is 12.1. The molecule has 20 heteroatoms. The van der Waals surface area contributed by atoms with Gasteiger partial charge >= 0.3 is 0 Å². The zero-order chi connectivity index (χ0) is 44.4. The number of hydrogen-bond acceptors (Lipinski definition) is 6. The van der Waals surface area contributed by atoms with Crippen LogP contribution in [0.15, 0.2) is 64.5 Å². The largest absolute Gasteiger partial charge is 0.322 e. The average molecular weight is 968 g/mol. The summed E-state index contributed by atoms with van der Waals surface area (Å²) in [5.41, 5.74) is 1.38. The van der Waals surface area contributed by atoms with Gasteiger partial charge in [0.05, 0.1) is 33.0 Å². The van der Waals surface area contributed by atoms with E-state index in [-0.39, 0.29) is 49.6 Å². The maximum absolute atomic E-state index is 14.4. The minimum Gasteiger partial charge on any atom is -0.322 e. The van der Waals surface area contributed by atoms with Crippen molar-refractivity contribution < 1.29 is 39.9 Å². The van der Waals surface area contributed by atoms with Gasteiger partial charge < -0.3 is 5.32 Å². The lowest BCUT2D eigenvalue weighted by Gasteiger charge is -2.21. The molecule has 1 fully saturated rings. The molecule has 4 aromatic carbocycles. The van der Waals surface area contributed by atoms with Crippen molar-refractivity contribution in [2.24, 2.45) is 4.99 Å². The third-order valence-corrected chi connectivity index (χ3v) is 12.7. The second-order valence-electron chi connectivity index (χ2n) is 13.7. The molecular formula is C41H40Cl4F5N5O4S2. The standard InChI is InChI=1S/C41H40Cl4F5N5O4S2/c1-3-4-5-6-7-8-9-10-11-14-19-59-61(58)54(2)29-15-12-13-16-30(29)60-38-39(53-55(41(38)57)37-26(44)20-23(42)21-27(37)45)52-28-22-24(17-18-25(28)43)51-40(56)31-32(46)34(48)36(50)35(49)33(31)47/h12-13,15-18,20-22,38H,3-11,14,19H2,1-2H3,(H,51,56)(H,52,53). The molecule has 0 radical (unpaired) electrons. The van der Waals surface area contributed by atoms with Gasteiger partial charge in [-0.25, -0.2) is 36.2 Å². The van der Waals surface area contributed by atoms with Gasteiger partial charge in [0.15, 0.2) is 23.3 Å². The minimum atomic E-state index is -2.42. The number of hydrazine groups is 1. The van der Waals surface area contributed by atoms with Gasteiger partial charge in [-0.2, -0.15) is 0 Å². The number of halogens is 9. The number of unbranched alkanes of at least 4 members (excludes halogenated alkanes) is 9. The molecule has 328 valence electrons. The molecule has 1 aliphatic rings. The van der Waals surface area contributed by atoms with Crippen molar-refractivity contribution in [3.05, 3.63) is 109 Å². The lowest BCUT2D eigenvalue weighted by Crippen LogP contribution is -2.36. The SMILES string of the molecule is CCCCCCCCCCCCOS(=O)N(C)c1ccccc1SC1C(=O)N(c2c(Cl)cc(Cl)cc2Cl)NC1=Nc1cc(NC(=O)c2c(F)c(F)c(F)c(F)c2F)ccc1Cl. The summed E-state index contributed by atoms with van der Waals surface area (Å²) in [6, 6.07) is 13.2. The van der Waals surface area contributed by atoms with Crippen LogP contribution in [0.2, 0.25) is 20.1 Å². The number of carbonyl (C=O) groups is 2. The van der Waals surface area contributed by atoms with Gasteiger partial charge in [0, 0.05) is 22.7 Å². The molecule has 0 spiro atoms. The van der Waals surface area contributed by atoms with Crippen molar-refractivity contribution in [2.45, 2.75) is 81.3 Å². The number of thioether (sulfide) groups is 1. The topological polar surface area (TPSA) is 103 Å². The molecule has 2 unspecified atom stereocenters. The van der Waals surface area contributed by atoms with E-state index in [4.69, 9.17) is 50.6 Å². The Bertz CT molecular complexity index is 2260. The van der Waals surface area contributed by atoms with Gasteiger partial charge in [0.1, 0.15) is 22.3 Å². The van der Waals surface area contributed by atoms with Crippen molar-refractivity contribution >= 4 is 110 Å². The highest BCUT2D eigenvalue weighted by atomic mass is 35.5. The summed E-state index contributed by atoms with van der Waals surface area (Å²) in [7, 11) is 1.59. The zero-order valence-corrected chi connectivity index (χ0v) is 37.4. The van der Waals surface area contributed by atoms with Crippen molar-refractivity contribution in [1.29, 1.82) is 0 Å². The van der Waals surface area contributed by atoms with Crippen molar-refractivity contribution in [3.8, 4) is 0 Å². The predicted octanol–water partition coefficient (Wildman–Crippen LogP) is 12.9. The molecule has 0 saturated carbocycles. The summed E-state index contributed by atoms with van der Waals surface area (Å²) in [5, 5.41) is 2.13. The van der Waals surface area contributed by atoms with Crippen LogP contribution in [0.5, 0.6) is 0 Å². The summed E-state index contributed by atoms with van der Waals surface area (Å²) in [6.45, 7) is 2.48. The number of aliphatic imine (C=N–C) groups is 1. The highest BCUT2D eigenvalue weighted by Gasteiger charge is 2.42. The van der Waals surface area contributed by atoms with Crippen molar-refractivity contribution in [2.75, 3.05) is 28.3 Å². The smallest absolute Gasteiger partial charge is 0.267 e. The first-order valence-corrected chi connectivity index (χ1v) is 22.6. The van der Waals surface area contributed by atoms with E-state index in [2.05, 4.69) is 22.7 Å². The highest BCUT2D eigenvalue weighted by Crippen LogP contribution is 2.42. The molecule has 0 bridgehead atoms. The number of anilines is 3. The first kappa shape index (κ1) is 48.4. The molecular weight excluding hydrogens is 927 g/mol. The van der Waals surface area contributed by atoms with Crippen LogP contribution in [0.25, 0.3) is 0 Å². The summed E-state index contributed by atoms with van der Waals surface area (Å²) < 4.78 is 90.7. The molecule has 9 nitrogen and oxygen atoms in total. The number of nitrogens with zero attached hydrogens (tertiary/aromatic N) is 3. The molecule has 1 saturated heterocycles. The summed E-state index contributed by atoms with van der Waals surface area (Å²) in [6.07, 6.45) is 11.4. The first-order chi connectivity index (χ1) is 29.1. The van der Waals surface area contributed by atoms with Crippen LogP contribution in [0.1, 0.15) is 81.5 Å². The van der Waals surface area contributed by atoms with E-state index in [0.29, 0.717) is 10.6 Å². The molecule has 0 aliphatic carbocycles. The maximum atomic E-state index is 14.4. The molecule has 61 heavy (non-hydrogen) atoms. The van der Waals surface area contributed by atoms with Crippen molar-refractivity contribution in [1.82, 2.24) is 5.43 Å². The Morgan fingerprint density at radius 1 is 0.836 bits per heavy atom. The number of nitrogens with one attached hydrogen (secondary N) is 2. The second kappa shape index (κ2) is 22.6. The average Bonchev–Trinajstić information content (AvgIpc) is 3.51. The Labute approximate surface area is 377 Å². The van der Waals surface area contributed by atoms with Crippen LogP contribution in [0.3, 0.4) is 0 Å². The number of amides is 2. The molecule has 2 N–H and O–H groups in total. The summed E-state index contributed by atoms with van der Waals surface area (Å²) >= 11 is 24.8. The molecule has 5 rings (SSSR count). The Morgan fingerprint density at radius 3 is 2.03 bits per heavy atom. The fraction of sp³-hybridized carbons (Fsp3) is 0.341. The molecule has 0 aromatic heterocycles. The summed E-state index contributed by atoms with van der Waals surface area (Å²) in [5.74, 6) is -14.0. The van der Waals surface area contributed by atoms with Crippen LogP contribution in [0.4, 0.5) is 44.7 Å². The monoisotopic (exact) mass is 965 g/mol. The van der Waals surface area contributed by atoms with Crippen LogP contribution < -0.4 is 20.1 Å². The number of hydrogen-bond donors (Lipinski definition) is 2. The van der Waals surface area contributed by atoms with E-state index < -0.39 is 63.0 Å². The van der Waals surface area contributed by atoms with E-state index in [1.165, 1.54) is 67.1 Å². The Morgan fingerprint density at radius 2 is 1.41 bits per heavy atom. The molecule has 1 heterocycles. The van der Waals surface area contributed by atoms with Gasteiger partial charge in [-0.3, -0.25) is 23.5 Å². The fourth-order valence-electron chi connectivity index (χ4n) is 6.19. The van der Waals surface area contributed by atoms with Gasteiger partial charge in [-0.15, -0.1) is 11.8 Å². The molecule has 2 amide bonds. The van der Waals surface area contributed by atoms with E-state index in [0.717, 1.165) is 48.5 Å². The van der Waals surface area contributed by atoms with Crippen LogP contribution >= 0.6 is 58.2 Å². The lowest BCUT2D eigenvalue weighted by molar-refractivity contribution is -0.116. The lowest BCUT2D eigenvalue weighted by atomic mass is 10.1. The van der Waals surface area contributed by atoms with E-state index in [9.17, 15) is 35.8 Å². The van der Waals surface area contributed by atoms with Gasteiger partial charge in [-0.05, 0) is 48.9 Å². The Balaban J connectivity index is 1.38. The van der Waals surface area contributed by atoms with E-state index >= 15 is 0 Å². The first-order valence-electron chi connectivity index (χ1n) is 19.1. The van der Waals surface area contributed by atoms with Gasteiger partial charge in [-0.1, -0.05) is 123 Å². The zero-order valence-electron chi connectivity index (χ0n) is 32.7.